The molecule has 0 unspecified atom stereocenters. The number of carbonyl (C=O) groups excluding carboxylic acids is 1. The molecule has 5 heteroatoms. The summed E-state index contributed by atoms with van der Waals surface area (Å²) in [6, 6.07) is 12.2. The molecule has 1 aromatic heterocycles. The lowest BCUT2D eigenvalue weighted by Crippen LogP contribution is -2.20. The molecule has 0 bridgehead atoms. The van der Waals surface area contributed by atoms with Crippen molar-refractivity contribution in [1.82, 2.24) is 4.57 Å². The third-order valence-electron chi connectivity index (χ3n) is 3.23. The molecule has 0 aliphatic carbocycles. The summed E-state index contributed by atoms with van der Waals surface area (Å²) < 4.78 is 1.59. The van der Waals surface area contributed by atoms with Gasteiger partial charge >= 0.3 is 0 Å². The van der Waals surface area contributed by atoms with Gasteiger partial charge in [0.05, 0.1) is 11.6 Å². The summed E-state index contributed by atoms with van der Waals surface area (Å²) in [4.78, 5) is 23.6. The number of anilines is 1. The van der Waals surface area contributed by atoms with Crippen LogP contribution in [0, 0.1) is 18.3 Å². The predicted molar refractivity (Wildman–Crippen MR) is 84.5 cm³/mol. The summed E-state index contributed by atoms with van der Waals surface area (Å²) in [7, 11) is 0. The normalized spacial score (nSPS) is 10.0. The Balaban J connectivity index is 1.85. The SMILES string of the molecule is Cc1ccn(CCCC(=O)Nc2cccc(C#N)c2)c(=O)c1. The molecular weight excluding hydrogens is 278 g/mol. The molecule has 1 amide bonds. The fraction of sp³-hybridized carbons (Fsp3) is 0.235. The van der Waals surface area contributed by atoms with Crippen molar-refractivity contribution < 1.29 is 4.79 Å². The van der Waals surface area contributed by atoms with E-state index in [1.807, 2.05) is 19.1 Å². The Kier molecular flexibility index (Phi) is 5.10. The molecule has 0 fully saturated rings. The highest BCUT2D eigenvalue weighted by atomic mass is 16.1. The number of rotatable bonds is 5. The number of carbonyl (C=O) groups is 1. The van der Waals surface area contributed by atoms with Crippen LogP contribution in [0.15, 0.2) is 47.4 Å². The number of aryl methyl sites for hydroxylation is 2. The molecule has 0 aliphatic heterocycles. The smallest absolute Gasteiger partial charge is 0.250 e. The molecule has 0 aliphatic rings. The summed E-state index contributed by atoms with van der Waals surface area (Å²) in [5.74, 6) is -0.129. The van der Waals surface area contributed by atoms with Crippen molar-refractivity contribution in [1.29, 1.82) is 5.26 Å². The van der Waals surface area contributed by atoms with E-state index in [4.69, 9.17) is 5.26 Å². The van der Waals surface area contributed by atoms with Crippen LogP contribution in [0.2, 0.25) is 0 Å². The number of hydrogen-bond donors (Lipinski definition) is 1. The van der Waals surface area contributed by atoms with Crippen LogP contribution in [-0.2, 0) is 11.3 Å². The van der Waals surface area contributed by atoms with Crippen LogP contribution >= 0.6 is 0 Å². The van der Waals surface area contributed by atoms with Crippen LogP contribution in [0.3, 0.4) is 0 Å². The molecule has 0 radical (unpaired) electrons. The Morgan fingerprint density at radius 2 is 2.14 bits per heavy atom. The number of nitrogens with one attached hydrogen (secondary N) is 1. The molecule has 0 atom stereocenters. The first-order valence-corrected chi connectivity index (χ1v) is 7.05. The van der Waals surface area contributed by atoms with Gasteiger partial charge in [0.25, 0.3) is 5.56 Å². The lowest BCUT2D eigenvalue weighted by molar-refractivity contribution is -0.116. The summed E-state index contributed by atoms with van der Waals surface area (Å²) in [6.45, 7) is 2.37. The van der Waals surface area contributed by atoms with Gasteiger partial charge < -0.3 is 9.88 Å². The van der Waals surface area contributed by atoms with Gasteiger partial charge in [-0.1, -0.05) is 6.07 Å². The highest BCUT2D eigenvalue weighted by molar-refractivity contribution is 5.90. The zero-order valence-corrected chi connectivity index (χ0v) is 12.4. The van der Waals surface area contributed by atoms with Crippen LogP contribution < -0.4 is 10.9 Å². The number of hydrogen-bond acceptors (Lipinski definition) is 3. The summed E-state index contributed by atoms with van der Waals surface area (Å²) >= 11 is 0. The maximum absolute atomic E-state index is 11.9. The van der Waals surface area contributed by atoms with Gasteiger partial charge in [-0.3, -0.25) is 9.59 Å². The minimum absolute atomic E-state index is 0.0536. The van der Waals surface area contributed by atoms with Crippen molar-refractivity contribution in [3.63, 3.8) is 0 Å². The van der Waals surface area contributed by atoms with Gasteiger partial charge in [-0.2, -0.15) is 5.26 Å². The van der Waals surface area contributed by atoms with Crippen molar-refractivity contribution >= 4 is 11.6 Å². The van der Waals surface area contributed by atoms with Crippen molar-refractivity contribution in [3.8, 4) is 6.07 Å². The minimum Gasteiger partial charge on any atom is -0.326 e. The number of aromatic nitrogens is 1. The highest BCUT2D eigenvalue weighted by Crippen LogP contribution is 2.10. The Morgan fingerprint density at radius 1 is 1.32 bits per heavy atom. The van der Waals surface area contributed by atoms with E-state index in [2.05, 4.69) is 5.32 Å². The molecular formula is C17H17N3O2. The number of benzene rings is 1. The fourth-order valence-electron chi connectivity index (χ4n) is 2.09. The predicted octanol–water partition coefficient (Wildman–Crippen LogP) is 2.45. The van der Waals surface area contributed by atoms with Crippen LogP contribution in [0.1, 0.15) is 24.0 Å². The van der Waals surface area contributed by atoms with E-state index >= 15 is 0 Å². The van der Waals surface area contributed by atoms with Gasteiger partial charge in [0.1, 0.15) is 0 Å². The van der Waals surface area contributed by atoms with Crippen molar-refractivity contribution in [2.24, 2.45) is 0 Å². The van der Waals surface area contributed by atoms with Gasteiger partial charge in [0.15, 0.2) is 0 Å². The summed E-state index contributed by atoms with van der Waals surface area (Å²) in [5, 5.41) is 11.6. The summed E-state index contributed by atoms with van der Waals surface area (Å²) in [6.07, 6.45) is 2.63. The Bertz CT molecular complexity index is 772. The first kappa shape index (κ1) is 15.5. The molecule has 5 nitrogen and oxygen atoms in total. The lowest BCUT2D eigenvalue weighted by atomic mass is 10.2. The highest BCUT2D eigenvalue weighted by Gasteiger charge is 2.04. The molecule has 2 rings (SSSR count). The summed E-state index contributed by atoms with van der Waals surface area (Å²) in [5.41, 5.74) is 1.99. The fourth-order valence-corrected chi connectivity index (χ4v) is 2.09. The maximum atomic E-state index is 11.9. The lowest BCUT2D eigenvalue weighted by Gasteiger charge is -2.07. The second-order valence-electron chi connectivity index (χ2n) is 5.08. The van der Waals surface area contributed by atoms with Gasteiger partial charge in [-0.25, -0.2) is 0 Å². The maximum Gasteiger partial charge on any atom is 0.250 e. The number of amides is 1. The zero-order chi connectivity index (χ0) is 15.9. The van der Waals surface area contributed by atoms with Crippen LogP contribution in [0.5, 0.6) is 0 Å². The standard InChI is InChI=1S/C17H17N3O2/c1-13-7-9-20(17(22)10-13)8-3-6-16(21)19-15-5-2-4-14(11-15)12-18/h2,4-5,7,9-11H,3,6,8H2,1H3,(H,19,21). The van der Waals surface area contributed by atoms with Crippen LogP contribution in [-0.4, -0.2) is 10.5 Å². The van der Waals surface area contributed by atoms with E-state index in [1.54, 1.807) is 41.1 Å². The van der Waals surface area contributed by atoms with Gasteiger partial charge in [-0.05, 0) is 43.2 Å². The molecule has 0 saturated heterocycles. The van der Waals surface area contributed by atoms with Gasteiger partial charge in [0.2, 0.25) is 5.91 Å². The second kappa shape index (κ2) is 7.23. The number of nitrogens with zero attached hydrogens (tertiary/aromatic N) is 2. The van der Waals surface area contributed by atoms with E-state index < -0.39 is 0 Å². The molecule has 0 spiro atoms. The van der Waals surface area contributed by atoms with Gasteiger partial charge in [0, 0.05) is 30.9 Å². The number of nitriles is 1. The molecule has 112 valence electrons. The van der Waals surface area contributed by atoms with Crippen molar-refractivity contribution in [3.05, 3.63) is 64.1 Å². The number of pyridine rings is 1. The van der Waals surface area contributed by atoms with E-state index in [0.29, 0.717) is 30.6 Å². The Labute approximate surface area is 128 Å². The molecule has 0 saturated carbocycles. The van der Waals surface area contributed by atoms with Crippen LogP contribution in [0.25, 0.3) is 0 Å². The van der Waals surface area contributed by atoms with E-state index in [1.165, 1.54) is 0 Å². The Morgan fingerprint density at radius 3 is 2.86 bits per heavy atom. The monoisotopic (exact) mass is 295 g/mol. The first-order chi connectivity index (χ1) is 10.6. The van der Waals surface area contributed by atoms with Gasteiger partial charge in [-0.15, -0.1) is 0 Å². The zero-order valence-electron chi connectivity index (χ0n) is 12.4. The average Bonchev–Trinajstić information content (AvgIpc) is 2.49. The first-order valence-electron chi connectivity index (χ1n) is 7.05. The third kappa shape index (κ3) is 4.32. The second-order valence-corrected chi connectivity index (χ2v) is 5.08. The third-order valence-corrected chi connectivity index (χ3v) is 3.23. The van der Waals surface area contributed by atoms with Crippen molar-refractivity contribution in [2.75, 3.05) is 5.32 Å². The molecule has 2 aromatic rings. The average molecular weight is 295 g/mol. The van der Waals surface area contributed by atoms with E-state index in [0.717, 1.165) is 5.56 Å². The molecule has 1 aromatic carbocycles. The topological polar surface area (TPSA) is 74.9 Å². The molecule has 1 heterocycles. The largest absolute Gasteiger partial charge is 0.326 e. The van der Waals surface area contributed by atoms with Crippen LogP contribution in [0.4, 0.5) is 5.69 Å². The van der Waals surface area contributed by atoms with Crippen molar-refractivity contribution in [2.45, 2.75) is 26.3 Å². The quantitative estimate of drug-likeness (QED) is 0.920. The molecule has 1 N–H and O–H groups in total. The Hall–Kier alpha value is -2.87. The van der Waals surface area contributed by atoms with E-state index in [-0.39, 0.29) is 11.5 Å². The molecule has 22 heavy (non-hydrogen) atoms. The van der Waals surface area contributed by atoms with E-state index in [9.17, 15) is 9.59 Å². The minimum atomic E-state index is -0.129.